The van der Waals surface area contributed by atoms with Gasteiger partial charge in [0.2, 0.25) is 5.43 Å². The Labute approximate surface area is 106 Å². The molecule has 0 unspecified atom stereocenters. The van der Waals surface area contributed by atoms with Crippen molar-refractivity contribution >= 4 is 21.6 Å². The first-order valence-corrected chi connectivity index (χ1v) is 5.75. The highest BCUT2D eigenvalue weighted by Gasteiger charge is 2.02. The van der Waals surface area contributed by atoms with Gasteiger partial charge in [0.1, 0.15) is 5.82 Å². The molecule has 1 aromatic carbocycles. The van der Waals surface area contributed by atoms with Gasteiger partial charge >= 0.3 is 0 Å². The zero-order chi connectivity index (χ0) is 12.4. The molecule has 2 N–H and O–H groups in total. The number of nitrogens with two attached hydrogens (primary N) is 1. The number of nitrogens with zero attached hydrogens (tertiary/aromatic N) is 1. The lowest BCUT2D eigenvalue weighted by molar-refractivity contribution is 0.626. The first-order chi connectivity index (χ1) is 8.06. The Hall–Kier alpha value is -1.62. The van der Waals surface area contributed by atoms with Gasteiger partial charge in [-0.1, -0.05) is 12.1 Å². The van der Waals surface area contributed by atoms with Gasteiger partial charge in [-0.3, -0.25) is 4.79 Å². The van der Waals surface area contributed by atoms with Crippen LogP contribution in [0.3, 0.4) is 0 Å². The third-order valence-corrected chi connectivity index (χ3v) is 2.91. The molecule has 88 valence electrons. The van der Waals surface area contributed by atoms with Crippen LogP contribution in [-0.4, -0.2) is 4.57 Å². The number of benzene rings is 1. The highest BCUT2D eigenvalue weighted by molar-refractivity contribution is 9.10. The van der Waals surface area contributed by atoms with Crippen LogP contribution < -0.4 is 11.2 Å². The van der Waals surface area contributed by atoms with Crippen molar-refractivity contribution in [1.82, 2.24) is 4.57 Å². The van der Waals surface area contributed by atoms with Gasteiger partial charge < -0.3 is 10.3 Å². The average molecular weight is 297 g/mol. The standard InChI is InChI=1S/C12H10BrFN2O/c13-10-6-16(7-11(15)12(10)17)5-8-1-3-9(14)4-2-8/h1-4,6-7H,5,15H2. The molecule has 0 radical (unpaired) electrons. The van der Waals surface area contributed by atoms with E-state index in [4.69, 9.17) is 5.73 Å². The minimum atomic E-state index is -0.269. The Kier molecular flexibility index (Phi) is 3.28. The molecule has 0 saturated carbocycles. The van der Waals surface area contributed by atoms with E-state index in [0.717, 1.165) is 5.56 Å². The van der Waals surface area contributed by atoms with Gasteiger partial charge in [0, 0.05) is 18.9 Å². The molecule has 1 aromatic heterocycles. The molecule has 2 rings (SSSR count). The van der Waals surface area contributed by atoms with Crippen molar-refractivity contribution in [3.05, 3.63) is 62.7 Å². The van der Waals surface area contributed by atoms with E-state index in [9.17, 15) is 9.18 Å². The van der Waals surface area contributed by atoms with Gasteiger partial charge in [-0.05, 0) is 33.6 Å². The van der Waals surface area contributed by atoms with Crippen LogP contribution >= 0.6 is 15.9 Å². The lowest BCUT2D eigenvalue weighted by Gasteiger charge is -2.08. The van der Waals surface area contributed by atoms with Gasteiger partial charge in [-0.25, -0.2) is 4.39 Å². The number of rotatable bonds is 2. The number of nitrogen functional groups attached to an aromatic ring is 1. The summed E-state index contributed by atoms with van der Waals surface area (Å²) in [5.74, 6) is -0.269. The summed E-state index contributed by atoms with van der Waals surface area (Å²) in [4.78, 5) is 11.4. The summed E-state index contributed by atoms with van der Waals surface area (Å²) in [7, 11) is 0. The molecule has 17 heavy (non-hydrogen) atoms. The summed E-state index contributed by atoms with van der Waals surface area (Å²) in [5, 5.41) is 0. The van der Waals surface area contributed by atoms with Gasteiger partial charge in [-0.15, -0.1) is 0 Å². The van der Waals surface area contributed by atoms with Crippen LogP contribution in [0, 0.1) is 5.82 Å². The highest BCUT2D eigenvalue weighted by Crippen LogP contribution is 2.10. The maximum absolute atomic E-state index is 12.7. The van der Waals surface area contributed by atoms with Crippen LogP contribution in [0.15, 0.2) is 45.9 Å². The molecule has 3 nitrogen and oxygen atoms in total. The summed E-state index contributed by atoms with van der Waals surface area (Å²) in [6.45, 7) is 0.531. The van der Waals surface area contributed by atoms with Gasteiger partial charge in [0.25, 0.3) is 0 Å². The van der Waals surface area contributed by atoms with Crippen molar-refractivity contribution in [2.75, 3.05) is 5.73 Å². The van der Waals surface area contributed by atoms with Crippen LogP contribution in [0.5, 0.6) is 0 Å². The second-order valence-electron chi connectivity index (χ2n) is 3.69. The SMILES string of the molecule is Nc1cn(Cc2ccc(F)cc2)cc(Br)c1=O. The maximum Gasteiger partial charge on any atom is 0.218 e. The van der Waals surface area contributed by atoms with Gasteiger partial charge in [0.05, 0.1) is 10.2 Å². The topological polar surface area (TPSA) is 48.0 Å². The molecule has 0 bridgehead atoms. The Morgan fingerprint density at radius 1 is 1.24 bits per heavy atom. The molecular formula is C12H10BrFN2O. The van der Waals surface area contributed by atoms with E-state index < -0.39 is 0 Å². The molecule has 0 atom stereocenters. The molecule has 5 heteroatoms. The third-order valence-electron chi connectivity index (χ3n) is 2.34. The average Bonchev–Trinajstić information content (AvgIpc) is 2.29. The highest BCUT2D eigenvalue weighted by atomic mass is 79.9. The van der Waals surface area contributed by atoms with Gasteiger partial charge in [-0.2, -0.15) is 0 Å². The summed E-state index contributed by atoms with van der Waals surface area (Å²) >= 11 is 3.15. The molecule has 1 heterocycles. The second kappa shape index (κ2) is 4.71. The lowest BCUT2D eigenvalue weighted by atomic mass is 10.2. The van der Waals surface area contributed by atoms with Crippen molar-refractivity contribution in [2.24, 2.45) is 0 Å². The summed E-state index contributed by atoms with van der Waals surface area (Å²) in [6, 6.07) is 6.18. The largest absolute Gasteiger partial charge is 0.394 e. The van der Waals surface area contributed by atoms with Crippen LogP contribution in [0.25, 0.3) is 0 Å². The number of halogens is 2. The fourth-order valence-corrected chi connectivity index (χ4v) is 2.00. The van der Waals surface area contributed by atoms with E-state index in [1.807, 2.05) is 0 Å². The zero-order valence-electron chi connectivity index (χ0n) is 8.86. The Bertz CT molecular complexity index is 566. The minimum Gasteiger partial charge on any atom is -0.394 e. The predicted molar refractivity (Wildman–Crippen MR) is 68.3 cm³/mol. The van der Waals surface area contributed by atoms with E-state index in [-0.39, 0.29) is 16.9 Å². The van der Waals surface area contributed by atoms with Gasteiger partial charge in [0.15, 0.2) is 0 Å². The van der Waals surface area contributed by atoms with Crippen molar-refractivity contribution in [3.8, 4) is 0 Å². The smallest absolute Gasteiger partial charge is 0.218 e. The normalized spacial score (nSPS) is 10.5. The predicted octanol–water partition coefficient (Wildman–Crippen LogP) is 2.38. The molecule has 0 fully saturated rings. The lowest BCUT2D eigenvalue weighted by Crippen LogP contribution is -2.13. The maximum atomic E-state index is 12.7. The fourth-order valence-electron chi connectivity index (χ4n) is 1.51. The molecule has 0 saturated heterocycles. The number of anilines is 1. The molecule has 2 aromatic rings. The zero-order valence-corrected chi connectivity index (χ0v) is 10.4. The quantitative estimate of drug-likeness (QED) is 0.925. The third kappa shape index (κ3) is 2.74. The first-order valence-electron chi connectivity index (χ1n) is 4.96. The van der Waals surface area contributed by atoms with Crippen molar-refractivity contribution < 1.29 is 4.39 Å². The summed E-state index contributed by atoms with van der Waals surface area (Å²) in [6.07, 6.45) is 3.22. The van der Waals surface area contributed by atoms with Crippen LogP contribution in [0.1, 0.15) is 5.56 Å². The number of aromatic nitrogens is 1. The van der Waals surface area contributed by atoms with E-state index >= 15 is 0 Å². The molecule has 0 aliphatic carbocycles. The monoisotopic (exact) mass is 296 g/mol. The molecule has 0 aliphatic heterocycles. The number of pyridine rings is 1. The Balaban J connectivity index is 2.30. The van der Waals surface area contributed by atoms with Crippen molar-refractivity contribution in [1.29, 1.82) is 0 Å². The Morgan fingerprint density at radius 2 is 1.88 bits per heavy atom. The fraction of sp³-hybridized carbons (Fsp3) is 0.0833. The van der Waals surface area contributed by atoms with E-state index in [1.54, 1.807) is 29.1 Å². The first kappa shape index (κ1) is 11.9. The second-order valence-corrected chi connectivity index (χ2v) is 4.54. The molecule has 0 aliphatic rings. The number of hydrogen-bond acceptors (Lipinski definition) is 2. The van der Waals surface area contributed by atoms with E-state index in [1.165, 1.54) is 12.1 Å². The van der Waals surface area contributed by atoms with Crippen LogP contribution in [0.4, 0.5) is 10.1 Å². The summed E-state index contributed by atoms with van der Waals surface area (Å²) < 4.78 is 14.9. The molecule has 0 amide bonds. The van der Waals surface area contributed by atoms with Crippen molar-refractivity contribution in [3.63, 3.8) is 0 Å². The van der Waals surface area contributed by atoms with Crippen LogP contribution in [-0.2, 0) is 6.54 Å². The minimum absolute atomic E-state index is 0.182. The molecule has 0 spiro atoms. The van der Waals surface area contributed by atoms with E-state index in [2.05, 4.69) is 15.9 Å². The summed E-state index contributed by atoms with van der Waals surface area (Å²) in [5.41, 5.74) is 6.47. The Morgan fingerprint density at radius 3 is 2.47 bits per heavy atom. The molecular weight excluding hydrogens is 287 g/mol. The number of hydrogen-bond donors (Lipinski definition) is 1. The van der Waals surface area contributed by atoms with E-state index in [0.29, 0.717) is 11.0 Å². The van der Waals surface area contributed by atoms with Crippen LogP contribution in [0.2, 0.25) is 0 Å². The van der Waals surface area contributed by atoms with Crippen molar-refractivity contribution in [2.45, 2.75) is 6.54 Å².